The molecule has 104 valence electrons. The number of nitrogens with zero attached hydrogens (tertiary/aromatic N) is 3. The van der Waals surface area contributed by atoms with Crippen LogP contribution in [0, 0.1) is 6.92 Å². The van der Waals surface area contributed by atoms with Gasteiger partial charge < -0.3 is 14.8 Å². The summed E-state index contributed by atoms with van der Waals surface area (Å²) in [6, 6.07) is 6.53. The number of benzene rings is 1. The standard InChI is InChI=1S/C15H24N4/c1-12-5-6-14-13(11-12)17-15(7-8-16-2)19(14)10-9-18(3)4/h5-6,11,16H,7-10H2,1-4H3. The predicted molar refractivity (Wildman–Crippen MR) is 80.7 cm³/mol. The molecule has 0 unspecified atom stereocenters. The highest BCUT2D eigenvalue weighted by Crippen LogP contribution is 2.18. The Bertz CT molecular complexity index is 542. The van der Waals surface area contributed by atoms with Crippen LogP contribution < -0.4 is 5.32 Å². The summed E-state index contributed by atoms with van der Waals surface area (Å²) in [6.07, 6.45) is 0.970. The summed E-state index contributed by atoms with van der Waals surface area (Å²) in [7, 11) is 6.20. The summed E-state index contributed by atoms with van der Waals surface area (Å²) in [5.41, 5.74) is 3.63. The lowest BCUT2D eigenvalue weighted by Gasteiger charge is -2.13. The van der Waals surface area contributed by atoms with Gasteiger partial charge in [-0.1, -0.05) is 6.07 Å². The van der Waals surface area contributed by atoms with Crippen molar-refractivity contribution in [2.45, 2.75) is 19.9 Å². The van der Waals surface area contributed by atoms with Crippen molar-refractivity contribution in [1.82, 2.24) is 19.8 Å². The summed E-state index contributed by atoms with van der Waals surface area (Å²) >= 11 is 0. The fourth-order valence-corrected chi connectivity index (χ4v) is 2.27. The largest absolute Gasteiger partial charge is 0.327 e. The predicted octanol–water partition coefficient (Wildman–Crippen LogP) is 1.67. The molecule has 0 saturated heterocycles. The van der Waals surface area contributed by atoms with Crippen molar-refractivity contribution in [3.8, 4) is 0 Å². The Balaban J connectivity index is 2.36. The van der Waals surface area contributed by atoms with Crippen molar-refractivity contribution in [2.24, 2.45) is 0 Å². The van der Waals surface area contributed by atoms with Crippen LogP contribution in [0.25, 0.3) is 11.0 Å². The molecule has 4 heteroatoms. The first kappa shape index (κ1) is 14.0. The highest BCUT2D eigenvalue weighted by Gasteiger charge is 2.10. The van der Waals surface area contributed by atoms with E-state index in [9.17, 15) is 0 Å². The molecule has 2 aromatic rings. The van der Waals surface area contributed by atoms with Crippen molar-refractivity contribution < 1.29 is 0 Å². The first-order valence-electron chi connectivity index (χ1n) is 6.87. The average Bonchev–Trinajstić information content (AvgIpc) is 2.70. The SMILES string of the molecule is CNCCc1nc2cc(C)ccc2n1CCN(C)C. The van der Waals surface area contributed by atoms with Crippen molar-refractivity contribution in [3.05, 3.63) is 29.6 Å². The van der Waals surface area contributed by atoms with E-state index in [0.29, 0.717) is 0 Å². The molecule has 2 rings (SSSR count). The van der Waals surface area contributed by atoms with Crippen molar-refractivity contribution >= 4 is 11.0 Å². The summed E-state index contributed by atoms with van der Waals surface area (Å²) < 4.78 is 2.35. The van der Waals surface area contributed by atoms with Gasteiger partial charge in [-0.25, -0.2) is 4.98 Å². The normalized spacial score (nSPS) is 11.6. The zero-order chi connectivity index (χ0) is 13.8. The van der Waals surface area contributed by atoms with E-state index in [1.807, 2.05) is 7.05 Å². The third kappa shape index (κ3) is 3.33. The van der Waals surface area contributed by atoms with Crippen LogP contribution >= 0.6 is 0 Å². The Hall–Kier alpha value is -1.39. The molecule has 0 spiro atoms. The van der Waals surface area contributed by atoms with E-state index in [1.54, 1.807) is 0 Å². The molecule has 0 aliphatic rings. The molecular formula is C15H24N4. The number of fused-ring (bicyclic) bond motifs is 1. The maximum absolute atomic E-state index is 4.79. The second-order valence-electron chi connectivity index (χ2n) is 5.33. The Morgan fingerprint density at radius 1 is 1.32 bits per heavy atom. The molecule has 4 nitrogen and oxygen atoms in total. The van der Waals surface area contributed by atoms with Gasteiger partial charge in [-0.05, 0) is 45.8 Å². The molecule has 1 N–H and O–H groups in total. The lowest BCUT2D eigenvalue weighted by Crippen LogP contribution is -2.21. The van der Waals surface area contributed by atoms with Crippen molar-refractivity contribution in [1.29, 1.82) is 0 Å². The van der Waals surface area contributed by atoms with E-state index in [0.717, 1.165) is 31.6 Å². The van der Waals surface area contributed by atoms with Crippen molar-refractivity contribution in [2.75, 3.05) is 34.2 Å². The van der Waals surface area contributed by atoms with E-state index in [2.05, 4.69) is 54.0 Å². The van der Waals surface area contributed by atoms with Crippen LogP contribution in [0.5, 0.6) is 0 Å². The van der Waals surface area contributed by atoms with Gasteiger partial charge in [0.2, 0.25) is 0 Å². The first-order valence-corrected chi connectivity index (χ1v) is 6.87. The summed E-state index contributed by atoms with van der Waals surface area (Å²) in [5.74, 6) is 1.18. The van der Waals surface area contributed by atoms with E-state index < -0.39 is 0 Å². The molecule has 19 heavy (non-hydrogen) atoms. The molecule has 1 aromatic carbocycles. The highest BCUT2D eigenvalue weighted by molar-refractivity contribution is 5.76. The third-order valence-electron chi connectivity index (χ3n) is 3.35. The number of nitrogens with one attached hydrogen (secondary N) is 1. The van der Waals surface area contributed by atoms with Crippen LogP contribution in [0.3, 0.4) is 0 Å². The number of aryl methyl sites for hydroxylation is 1. The molecule has 1 aromatic heterocycles. The minimum absolute atomic E-state index is 0.963. The van der Waals surface area contributed by atoms with Gasteiger partial charge in [0.15, 0.2) is 0 Å². The molecule has 0 aliphatic heterocycles. The van der Waals surface area contributed by atoms with Crippen molar-refractivity contribution in [3.63, 3.8) is 0 Å². The zero-order valence-corrected chi connectivity index (χ0v) is 12.4. The Kier molecular flexibility index (Phi) is 4.56. The number of aromatic nitrogens is 2. The van der Waals surface area contributed by atoms with Gasteiger partial charge in [-0.3, -0.25) is 0 Å². The molecule has 0 atom stereocenters. The molecule has 0 amide bonds. The van der Waals surface area contributed by atoms with Crippen LogP contribution in [0.4, 0.5) is 0 Å². The van der Waals surface area contributed by atoms with Crippen LogP contribution in [-0.2, 0) is 13.0 Å². The molecule has 0 fully saturated rings. The van der Waals surface area contributed by atoms with Crippen LogP contribution in [-0.4, -0.2) is 48.7 Å². The quantitative estimate of drug-likeness (QED) is 0.857. The van der Waals surface area contributed by atoms with Gasteiger partial charge in [0.25, 0.3) is 0 Å². The number of hydrogen-bond donors (Lipinski definition) is 1. The number of likely N-dealkylation sites (N-methyl/N-ethyl adjacent to an activating group) is 2. The van der Waals surface area contributed by atoms with Gasteiger partial charge in [0, 0.05) is 26.1 Å². The topological polar surface area (TPSA) is 33.1 Å². The lowest BCUT2D eigenvalue weighted by molar-refractivity contribution is 0.383. The minimum Gasteiger partial charge on any atom is -0.327 e. The van der Waals surface area contributed by atoms with E-state index >= 15 is 0 Å². The monoisotopic (exact) mass is 260 g/mol. The van der Waals surface area contributed by atoms with E-state index in [1.165, 1.54) is 16.9 Å². The van der Waals surface area contributed by atoms with Crippen LogP contribution in [0.1, 0.15) is 11.4 Å². The van der Waals surface area contributed by atoms with Crippen LogP contribution in [0.2, 0.25) is 0 Å². The van der Waals surface area contributed by atoms with Gasteiger partial charge in [-0.15, -0.1) is 0 Å². The molecule has 0 saturated carbocycles. The molecular weight excluding hydrogens is 236 g/mol. The molecule has 1 heterocycles. The number of rotatable bonds is 6. The maximum Gasteiger partial charge on any atom is 0.111 e. The van der Waals surface area contributed by atoms with E-state index in [-0.39, 0.29) is 0 Å². The Morgan fingerprint density at radius 2 is 2.11 bits per heavy atom. The molecule has 0 aliphatic carbocycles. The molecule has 0 bridgehead atoms. The van der Waals surface area contributed by atoms with Gasteiger partial charge in [-0.2, -0.15) is 0 Å². The van der Waals surface area contributed by atoms with Gasteiger partial charge in [0.1, 0.15) is 5.82 Å². The average molecular weight is 260 g/mol. The second-order valence-corrected chi connectivity index (χ2v) is 5.33. The third-order valence-corrected chi connectivity index (χ3v) is 3.35. The lowest BCUT2D eigenvalue weighted by atomic mass is 10.2. The fourth-order valence-electron chi connectivity index (χ4n) is 2.27. The Labute approximate surface area is 115 Å². The smallest absolute Gasteiger partial charge is 0.111 e. The molecule has 0 radical (unpaired) electrons. The number of hydrogen-bond acceptors (Lipinski definition) is 3. The summed E-state index contributed by atoms with van der Waals surface area (Å²) in [5, 5.41) is 3.20. The second kappa shape index (κ2) is 6.17. The van der Waals surface area contributed by atoms with Gasteiger partial charge in [0.05, 0.1) is 11.0 Å². The summed E-state index contributed by atoms with van der Waals surface area (Å²) in [4.78, 5) is 7.00. The number of imidazole rings is 1. The van der Waals surface area contributed by atoms with Crippen LogP contribution in [0.15, 0.2) is 18.2 Å². The summed E-state index contributed by atoms with van der Waals surface area (Å²) in [6.45, 7) is 5.10. The Morgan fingerprint density at radius 3 is 2.79 bits per heavy atom. The zero-order valence-electron chi connectivity index (χ0n) is 12.4. The van der Waals surface area contributed by atoms with Gasteiger partial charge >= 0.3 is 0 Å². The minimum atomic E-state index is 0.963. The first-order chi connectivity index (χ1) is 9.11. The maximum atomic E-state index is 4.79. The fraction of sp³-hybridized carbons (Fsp3) is 0.533. The highest BCUT2D eigenvalue weighted by atomic mass is 15.1. The van der Waals surface area contributed by atoms with E-state index in [4.69, 9.17) is 4.98 Å².